The molecule has 3 aromatic carbocycles. The van der Waals surface area contributed by atoms with Gasteiger partial charge in [-0.05, 0) is 18.2 Å². The second-order valence-corrected chi connectivity index (χ2v) is 6.36. The van der Waals surface area contributed by atoms with Gasteiger partial charge in [-0.25, -0.2) is 0 Å². The fourth-order valence-corrected chi connectivity index (χ4v) is 3.92. The maximum absolute atomic E-state index is 11.1. The van der Waals surface area contributed by atoms with Crippen molar-refractivity contribution in [1.82, 2.24) is 0 Å². The molecule has 4 aromatic rings. The first-order valence-corrected chi connectivity index (χ1v) is 8.26. The second kappa shape index (κ2) is 7.13. The number of nitro benzene ring substituents is 1. The van der Waals surface area contributed by atoms with Crippen LogP contribution in [0.5, 0.6) is 0 Å². The fourth-order valence-electron chi connectivity index (χ4n) is 2.76. The predicted octanol–water partition coefficient (Wildman–Crippen LogP) is 1.76. The van der Waals surface area contributed by atoms with Crippen LogP contribution >= 0.6 is 11.5 Å². The Balaban J connectivity index is 0.00000182. The first kappa shape index (κ1) is 17.3. The number of aromatic nitrogens is 1. The number of para-hydroxylation sites is 1. The summed E-state index contributed by atoms with van der Waals surface area (Å²) in [5.41, 5.74) is 3.29. The van der Waals surface area contributed by atoms with Crippen LogP contribution in [0.15, 0.2) is 78.9 Å². The van der Waals surface area contributed by atoms with Crippen LogP contribution in [0.4, 0.5) is 5.69 Å². The molecule has 0 amide bonds. The summed E-state index contributed by atoms with van der Waals surface area (Å²) in [7, 11) is 0. The number of hydrogen-bond acceptors (Lipinski definition) is 3. The molecule has 0 aliphatic rings. The average molecular weight is 413 g/mol. The van der Waals surface area contributed by atoms with E-state index < -0.39 is 0 Å². The molecule has 0 saturated carbocycles. The van der Waals surface area contributed by atoms with Crippen molar-refractivity contribution in [3.05, 3.63) is 89.0 Å². The Kier molecular flexibility index (Phi) is 4.92. The van der Waals surface area contributed by atoms with Gasteiger partial charge < -0.3 is 17.0 Å². The summed E-state index contributed by atoms with van der Waals surface area (Å²) in [6, 6.07) is 25.2. The number of halogens is 1. The van der Waals surface area contributed by atoms with Gasteiger partial charge in [0.15, 0.2) is 0 Å². The molecule has 0 unspecified atom stereocenters. The van der Waals surface area contributed by atoms with Gasteiger partial charge in [0.2, 0.25) is 11.4 Å². The van der Waals surface area contributed by atoms with Crippen LogP contribution in [0.25, 0.3) is 27.0 Å². The minimum absolute atomic E-state index is 0. The number of fused-ring (bicyclic) bond motifs is 1. The molecule has 6 heteroatoms. The first-order chi connectivity index (χ1) is 11.7. The van der Waals surface area contributed by atoms with Crippen molar-refractivity contribution in [3.8, 4) is 16.9 Å². The Labute approximate surface area is 159 Å². The molecule has 0 spiro atoms. The zero-order chi connectivity index (χ0) is 16.5. The van der Waals surface area contributed by atoms with Crippen molar-refractivity contribution in [3.63, 3.8) is 0 Å². The molecule has 1 aromatic heterocycles. The van der Waals surface area contributed by atoms with E-state index >= 15 is 0 Å². The number of rotatable bonds is 3. The molecule has 0 atom stereocenters. The molecule has 0 fully saturated rings. The summed E-state index contributed by atoms with van der Waals surface area (Å²) in [6.45, 7) is 0. The number of nitrogens with zero attached hydrogens (tertiary/aromatic N) is 2. The Hall–Kier alpha value is -2.57. The van der Waals surface area contributed by atoms with Crippen molar-refractivity contribution < 1.29 is 25.9 Å². The van der Waals surface area contributed by atoms with Gasteiger partial charge in [-0.3, -0.25) is 10.1 Å². The molecule has 0 N–H and O–H groups in total. The van der Waals surface area contributed by atoms with E-state index in [-0.39, 0.29) is 27.6 Å². The second-order valence-electron chi connectivity index (χ2n) is 5.37. The molecule has 25 heavy (non-hydrogen) atoms. The smallest absolute Gasteiger partial charge is 0.271 e. The van der Waals surface area contributed by atoms with Crippen molar-refractivity contribution in [1.29, 1.82) is 0 Å². The van der Waals surface area contributed by atoms with Gasteiger partial charge >= 0.3 is 0 Å². The largest absolute Gasteiger partial charge is 1.00 e. The number of benzene rings is 3. The highest BCUT2D eigenvalue weighted by atomic mass is 79.9. The SMILES string of the molecule is O=[N+]([O-])c1ccc2c(-c3ccccc3)[n+](-c3ccccc3)sc2c1.[Br-]. The quantitative estimate of drug-likeness (QED) is 0.292. The number of nitro groups is 1. The zero-order valence-electron chi connectivity index (χ0n) is 13.0. The zero-order valence-corrected chi connectivity index (χ0v) is 15.4. The van der Waals surface area contributed by atoms with E-state index in [4.69, 9.17) is 0 Å². The summed E-state index contributed by atoms with van der Waals surface area (Å²) < 4.78 is 3.02. The van der Waals surface area contributed by atoms with Gasteiger partial charge in [0.05, 0.1) is 10.3 Å². The molecule has 0 aliphatic carbocycles. The highest BCUT2D eigenvalue weighted by Crippen LogP contribution is 2.33. The summed E-state index contributed by atoms with van der Waals surface area (Å²) in [4.78, 5) is 10.7. The van der Waals surface area contributed by atoms with E-state index in [2.05, 4.69) is 16.1 Å². The van der Waals surface area contributed by atoms with Crippen LogP contribution in [-0.4, -0.2) is 4.92 Å². The third kappa shape index (κ3) is 3.18. The average Bonchev–Trinajstić information content (AvgIpc) is 3.01. The minimum Gasteiger partial charge on any atom is -1.00 e. The maximum atomic E-state index is 11.1. The molecule has 4 nitrogen and oxygen atoms in total. The summed E-state index contributed by atoms with van der Waals surface area (Å²) in [6.07, 6.45) is 0. The van der Waals surface area contributed by atoms with Gasteiger partial charge in [0.25, 0.3) is 5.69 Å². The van der Waals surface area contributed by atoms with Gasteiger partial charge in [0, 0.05) is 29.8 Å². The molecule has 0 saturated heterocycles. The van der Waals surface area contributed by atoms with Crippen LogP contribution in [0.3, 0.4) is 0 Å². The predicted molar refractivity (Wildman–Crippen MR) is 95.4 cm³/mol. The number of hydrogen-bond donors (Lipinski definition) is 0. The minimum atomic E-state index is -0.353. The first-order valence-electron chi connectivity index (χ1n) is 7.48. The highest BCUT2D eigenvalue weighted by molar-refractivity contribution is 7.10. The van der Waals surface area contributed by atoms with Crippen LogP contribution in [-0.2, 0) is 0 Å². The third-order valence-electron chi connectivity index (χ3n) is 3.86. The van der Waals surface area contributed by atoms with Gasteiger partial charge in [0.1, 0.15) is 16.2 Å². The van der Waals surface area contributed by atoms with Crippen LogP contribution in [0, 0.1) is 10.1 Å². The topological polar surface area (TPSA) is 47.0 Å². The van der Waals surface area contributed by atoms with Crippen molar-refractivity contribution >= 4 is 27.3 Å². The lowest BCUT2D eigenvalue weighted by molar-refractivity contribution is -0.506. The Bertz CT molecular complexity index is 1030. The van der Waals surface area contributed by atoms with E-state index in [0.717, 1.165) is 27.0 Å². The summed E-state index contributed by atoms with van der Waals surface area (Å²) in [5, 5.41) is 12.1. The Morgan fingerprint density at radius 1 is 0.880 bits per heavy atom. The standard InChI is InChI=1S/C19H13N2O2S.BrH/c22-21(23)16-11-12-17-18(13-16)24-20(15-9-5-2-6-10-15)19(17)14-7-3-1-4-8-14;/h1-13H;1H/q+1;/p-1. The maximum Gasteiger partial charge on any atom is 0.271 e. The van der Waals surface area contributed by atoms with E-state index in [1.807, 2.05) is 54.6 Å². The monoisotopic (exact) mass is 412 g/mol. The third-order valence-corrected chi connectivity index (χ3v) is 4.97. The normalized spacial score (nSPS) is 10.4. The van der Waals surface area contributed by atoms with E-state index in [0.29, 0.717) is 0 Å². The molecular formula is C19H13BrN2O2S. The van der Waals surface area contributed by atoms with Crippen molar-refractivity contribution in [2.24, 2.45) is 0 Å². The van der Waals surface area contributed by atoms with Gasteiger partial charge in [-0.2, -0.15) is 0 Å². The molecule has 0 aliphatic heterocycles. The lowest BCUT2D eigenvalue weighted by Gasteiger charge is -1.98. The molecule has 1 heterocycles. The van der Waals surface area contributed by atoms with Crippen LogP contribution < -0.4 is 20.9 Å². The van der Waals surface area contributed by atoms with Gasteiger partial charge in [-0.15, -0.1) is 0 Å². The van der Waals surface area contributed by atoms with Crippen molar-refractivity contribution in [2.75, 3.05) is 0 Å². The Morgan fingerprint density at radius 2 is 1.52 bits per heavy atom. The lowest BCUT2D eigenvalue weighted by Crippen LogP contribution is -3.00. The molecule has 4 rings (SSSR count). The molecular weight excluding hydrogens is 400 g/mol. The lowest BCUT2D eigenvalue weighted by atomic mass is 10.1. The molecule has 124 valence electrons. The molecule has 0 bridgehead atoms. The highest BCUT2D eigenvalue weighted by Gasteiger charge is 2.25. The number of non-ortho nitro benzene ring substituents is 1. The van der Waals surface area contributed by atoms with E-state index in [1.165, 1.54) is 11.5 Å². The molecule has 0 radical (unpaired) electrons. The van der Waals surface area contributed by atoms with Gasteiger partial charge in [-0.1, -0.05) is 40.4 Å². The summed E-state index contributed by atoms with van der Waals surface area (Å²) >= 11 is 1.52. The van der Waals surface area contributed by atoms with E-state index in [1.54, 1.807) is 12.1 Å². The Morgan fingerprint density at radius 3 is 2.16 bits per heavy atom. The van der Waals surface area contributed by atoms with Crippen molar-refractivity contribution in [2.45, 2.75) is 0 Å². The van der Waals surface area contributed by atoms with E-state index in [9.17, 15) is 10.1 Å². The van der Waals surface area contributed by atoms with Crippen LogP contribution in [0.1, 0.15) is 0 Å². The fraction of sp³-hybridized carbons (Fsp3) is 0. The summed E-state index contributed by atoms with van der Waals surface area (Å²) in [5.74, 6) is 0. The van der Waals surface area contributed by atoms with Crippen LogP contribution in [0.2, 0.25) is 0 Å².